The SMILES string of the molecule is O=C1CC(C(=O)Nc2ccc(Cl)cc2Cl)CN1. The predicted molar refractivity (Wildman–Crippen MR) is 66.2 cm³/mol. The smallest absolute Gasteiger partial charge is 0.229 e. The summed E-state index contributed by atoms with van der Waals surface area (Å²) in [6, 6.07) is 4.82. The van der Waals surface area contributed by atoms with Gasteiger partial charge in [0.05, 0.1) is 16.6 Å². The molecule has 1 heterocycles. The number of carbonyl (C=O) groups is 2. The van der Waals surface area contributed by atoms with E-state index in [9.17, 15) is 9.59 Å². The molecule has 0 spiro atoms. The molecule has 90 valence electrons. The number of halogens is 2. The third kappa shape index (κ3) is 2.90. The first kappa shape index (κ1) is 12.2. The Labute approximate surface area is 108 Å². The number of hydrogen-bond donors (Lipinski definition) is 2. The van der Waals surface area contributed by atoms with Crippen LogP contribution in [0.25, 0.3) is 0 Å². The van der Waals surface area contributed by atoms with Crippen molar-refractivity contribution in [2.75, 3.05) is 11.9 Å². The number of rotatable bonds is 2. The molecule has 1 atom stereocenters. The molecular formula is C11H10Cl2N2O2. The number of nitrogens with one attached hydrogen (secondary N) is 2. The van der Waals surface area contributed by atoms with E-state index in [0.29, 0.717) is 22.3 Å². The molecule has 2 N–H and O–H groups in total. The van der Waals surface area contributed by atoms with Crippen LogP contribution in [-0.2, 0) is 9.59 Å². The Morgan fingerprint density at radius 1 is 1.41 bits per heavy atom. The fraction of sp³-hybridized carbons (Fsp3) is 0.273. The van der Waals surface area contributed by atoms with Crippen LogP contribution in [-0.4, -0.2) is 18.4 Å². The lowest BCUT2D eigenvalue weighted by atomic mass is 10.1. The maximum atomic E-state index is 11.8. The fourth-order valence-corrected chi connectivity index (χ4v) is 2.07. The van der Waals surface area contributed by atoms with E-state index in [1.165, 1.54) is 0 Å². The summed E-state index contributed by atoms with van der Waals surface area (Å²) in [7, 11) is 0. The van der Waals surface area contributed by atoms with Gasteiger partial charge in [-0.3, -0.25) is 9.59 Å². The summed E-state index contributed by atoms with van der Waals surface area (Å²) in [5.74, 6) is -0.658. The van der Waals surface area contributed by atoms with Gasteiger partial charge in [-0.1, -0.05) is 23.2 Å². The molecule has 2 amide bonds. The van der Waals surface area contributed by atoms with Crippen molar-refractivity contribution in [2.45, 2.75) is 6.42 Å². The van der Waals surface area contributed by atoms with Gasteiger partial charge in [-0.2, -0.15) is 0 Å². The zero-order valence-corrected chi connectivity index (χ0v) is 10.3. The Hall–Kier alpha value is -1.26. The third-order valence-electron chi connectivity index (χ3n) is 2.54. The van der Waals surface area contributed by atoms with E-state index in [1.807, 2.05) is 0 Å². The Balaban J connectivity index is 2.05. The molecule has 0 aliphatic carbocycles. The molecule has 0 aromatic heterocycles. The van der Waals surface area contributed by atoms with Crippen molar-refractivity contribution in [3.63, 3.8) is 0 Å². The van der Waals surface area contributed by atoms with Crippen LogP contribution in [0.3, 0.4) is 0 Å². The minimum atomic E-state index is -0.339. The topological polar surface area (TPSA) is 58.2 Å². The fourth-order valence-electron chi connectivity index (χ4n) is 1.62. The van der Waals surface area contributed by atoms with Crippen LogP contribution in [0.5, 0.6) is 0 Å². The van der Waals surface area contributed by atoms with Crippen LogP contribution < -0.4 is 10.6 Å². The number of carbonyl (C=O) groups excluding carboxylic acids is 2. The average Bonchev–Trinajstić information content (AvgIpc) is 2.69. The van der Waals surface area contributed by atoms with Gasteiger partial charge in [0.2, 0.25) is 11.8 Å². The number of anilines is 1. The summed E-state index contributed by atoms with van der Waals surface area (Å²) in [5, 5.41) is 6.17. The largest absolute Gasteiger partial charge is 0.355 e. The highest BCUT2D eigenvalue weighted by Gasteiger charge is 2.28. The van der Waals surface area contributed by atoms with Crippen molar-refractivity contribution in [1.82, 2.24) is 5.32 Å². The monoisotopic (exact) mass is 272 g/mol. The van der Waals surface area contributed by atoms with Crippen molar-refractivity contribution < 1.29 is 9.59 Å². The molecule has 6 heteroatoms. The normalized spacial score (nSPS) is 18.9. The van der Waals surface area contributed by atoms with Gasteiger partial charge >= 0.3 is 0 Å². The first-order valence-corrected chi connectivity index (χ1v) is 5.84. The quantitative estimate of drug-likeness (QED) is 0.866. The lowest BCUT2D eigenvalue weighted by Crippen LogP contribution is -2.24. The van der Waals surface area contributed by atoms with Crippen molar-refractivity contribution in [2.24, 2.45) is 5.92 Å². The summed E-state index contributed by atoms with van der Waals surface area (Å²) in [4.78, 5) is 22.8. The summed E-state index contributed by atoms with van der Waals surface area (Å²) >= 11 is 11.7. The summed E-state index contributed by atoms with van der Waals surface area (Å²) < 4.78 is 0. The lowest BCUT2D eigenvalue weighted by Gasteiger charge is -2.10. The first-order chi connectivity index (χ1) is 8.06. The van der Waals surface area contributed by atoms with E-state index in [2.05, 4.69) is 10.6 Å². The molecule has 1 fully saturated rings. The van der Waals surface area contributed by atoms with Gasteiger partial charge in [-0.05, 0) is 18.2 Å². The zero-order valence-electron chi connectivity index (χ0n) is 8.80. The Kier molecular flexibility index (Phi) is 3.54. The van der Waals surface area contributed by atoms with Crippen LogP contribution in [0.1, 0.15) is 6.42 Å². The van der Waals surface area contributed by atoms with E-state index >= 15 is 0 Å². The molecule has 1 saturated heterocycles. The Morgan fingerprint density at radius 2 is 2.18 bits per heavy atom. The maximum Gasteiger partial charge on any atom is 0.229 e. The van der Waals surface area contributed by atoms with E-state index < -0.39 is 0 Å². The summed E-state index contributed by atoms with van der Waals surface area (Å²) in [5.41, 5.74) is 0.500. The Morgan fingerprint density at radius 3 is 2.76 bits per heavy atom. The van der Waals surface area contributed by atoms with Gasteiger partial charge in [0.1, 0.15) is 0 Å². The second kappa shape index (κ2) is 4.94. The average molecular weight is 273 g/mol. The third-order valence-corrected chi connectivity index (χ3v) is 3.09. The molecule has 1 unspecified atom stereocenters. The van der Waals surface area contributed by atoms with Gasteiger partial charge in [-0.25, -0.2) is 0 Å². The van der Waals surface area contributed by atoms with Crippen LogP contribution in [0.15, 0.2) is 18.2 Å². The predicted octanol–water partition coefficient (Wildman–Crippen LogP) is 2.07. The van der Waals surface area contributed by atoms with Gasteiger partial charge in [0.15, 0.2) is 0 Å². The van der Waals surface area contributed by atoms with Crippen molar-refractivity contribution >= 4 is 40.7 Å². The summed E-state index contributed by atoms with van der Waals surface area (Å²) in [6.07, 6.45) is 0.219. The van der Waals surface area contributed by atoms with Crippen LogP contribution in [0, 0.1) is 5.92 Å². The standard InChI is InChI=1S/C11H10Cl2N2O2/c12-7-1-2-9(8(13)4-7)15-11(17)6-3-10(16)14-5-6/h1-2,4,6H,3,5H2,(H,14,16)(H,15,17). The van der Waals surface area contributed by atoms with E-state index in [1.54, 1.807) is 18.2 Å². The molecule has 1 aromatic carbocycles. The highest BCUT2D eigenvalue weighted by Crippen LogP contribution is 2.26. The molecule has 1 aliphatic heterocycles. The second-order valence-corrected chi connectivity index (χ2v) is 4.66. The highest BCUT2D eigenvalue weighted by atomic mass is 35.5. The van der Waals surface area contributed by atoms with Gasteiger partial charge < -0.3 is 10.6 Å². The zero-order chi connectivity index (χ0) is 12.4. The molecule has 4 nitrogen and oxygen atoms in total. The molecule has 0 saturated carbocycles. The maximum absolute atomic E-state index is 11.8. The summed E-state index contributed by atoms with van der Waals surface area (Å²) in [6.45, 7) is 0.371. The molecular weight excluding hydrogens is 263 g/mol. The van der Waals surface area contributed by atoms with E-state index in [4.69, 9.17) is 23.2 Å². The number of hydrogen-bond acceptors (Lipinski definition) is 2. The van der Waals surface area contributed by atoms with Crippen molar-refractivity contribution in [3.05, 3.63) is 28.2 Å². The van der Waals surface area contributed by atoms with Gasteiger partial charge in [0.25, 0.3) is 0 Å². The van der Waals surface area contributed by atoms with Crippen LogP contribution in [0.4, 0.5) is 5.69 Å². The molecule has 1 aliphatic rings. The van der Waals surface area contributed by atoms with E-state index in [-0.39, 0.29) is 24.2 Å². The number of benzene rings is 1. The van der Waals surface area contributed by atoms with Crippen LogP contribution in [0.2, 0.25) is 10.0 Å². The molecule has 1 aromatic rings. The molecule has 2 rings (SSSR count). The van der Waals surface area contributed by atoms with E-state index in [0.717, 1.165) is 0 Å². The molecule has 0 radical (unpaired) electrons. The number of amides is 2. The Bertz CT molecular complexity index is 477. The minimum Gasteiger partial charge on any atom is -0.355 e. The second-order valence-electron chi connectivity index (χ2n) is 3.82. The highest BCUT2D eigenvalue weighted by molar-refractivity contribution is 6.36. The van der Waals surface area contributed by atoms with Gasteiger partial charge in [0, 0.05) is 18.0 Å². The minimum absolute atomic E-state index is 0.104. The van der Waals surface area contributed by atoms with Crippen molar-refractivity contribution in [3.8, 4) is 0 Å². The molecule has 17 heavy (non-hydrogen) atoms. The van der Waals surface area contributed by atoms with Crippen molar-refractivity contribution in [1.29, 1.82) is 0 Å². The van der Waals surface area contributed by atoms with Gasteiger partial charge in [-0.15, -0.1) is 0 Å². The first-order valence-electron chi connectivity index (χ1n) is 5.09. The lowest BCUT2D eigenvalue weighted by molar-refractivity contribution is -0.123. The molecule has 0 bridgehead atoms. The van der Waals surface area contributed by atoms with Crippen LogP contribution >= 0.6 is 23.2 Å².